The molecule has 4 aliphatic carbocycles. The van der Waals surface area contributed by atoms with Gasteiger partial charge < -0.3 is 4.90 Å². The van der Waals surface area contributed by atoms with Gasteiger partial charge in [0.15, 0.2) is 0 Å². The van der Waals surface area contributed by atoms with Crippen LogP contribution < -0.4 is 4.90 Å². The zero-order chi connectivity index (χ0) is 41.6. The van der Waals surface area contributed by atoms with E-state index in [-0.39, 0.29) is 11.3 Å². The van der Waals surface area contributed by atoms with Crippen LogP contribution in [0.1, 0.15) is 78.3 Å². The second kappa shape index (κ2) is 15.8. The van der Waals surface area contributed by atoms with Gasteiger partial charge in [0.05, 0.1) is 0 Å². The van der Waals surface area contributed by atoms with Crippen molar-refractivity contribution >= 4 is 23.0 Å². The van der Waals surface area contributed by atoms with Crippen molar-refractivity contribution in [1.29, 1.82) is 0 Å². The van der Waals surface area contributed by atoms with Gasteiger partial charge in [0.2, 0.25) is 0 Å². The molecule has 2 atom stereocenters. The number of fused-ring (bicyclic) bond motifs is 3. The SMILES string of the molecule is CC1(C)C2=C(C=CC(c3cc(-c4ccccc4)ccc3-c3ccccc3)C2)c2c(-c3ccccc3)cc(N(C3=CCC(c4ccc5c(c4)C=CCC5)C=C3)c3ccccc3)cc21. The average molecular weight is 798 g/mol. The molecule has 7 aromatic carbocycles. The van der Waals surface area contributed by atoms with Crippen LogP contribution in [0, 0.1) is 0 Å². The van der Waals surface area contributed by atoms with Crippen molar-refractivity contribution in [2.75, 3.05) is 4.90 Å². The maximum atomic E-state index is 2.51. The van der Waals surface area contributed by atoms with Gasteiger partial charge in [0.1, 0.15) is 0 Å². The fraction of sp³-hybridized carbons (Fsp3) is 0.148. The highest BCUT2D eigenvalue weighted by molar-refractivity contribution is 5.97. The van der Waals surface area contributed by atoms with E-state index in [0.717, 1.165) is 25.7 Å². The molecule has 2 unspecified atom stereocenters. The Kier molecular flexibility index (Phi) is 9.69. The van der Waals surface area contributed by atoms with E-state index in [1.165, 1.54) is 95.0 Å². The lowest BCUT2D eigenvalue weighted by atomic mass is 9.73. The van der Waals surface area contributed by atoms with E-state index in [2.05, 4.69) is 231 Å². The Labute approximate surface area is 367 Å². The summed E-state index contributed by atoms with van der Waals surface area (Å²) in [5.74, 6) is 0.584. The fourth-order valence-electron chi connectivity index (χ4n) is 10.6. The van der Waals surface area contributed by atoms with Gasteiger partial charge >= 0.3 is 0 Å². The molecule has 0 bridgehead atoms. The van der Waals surface area contributed by atoms with E-state index in [4.69, 9.17) is 0 Å². The topological polar surface area (TPSA) is 3.24 Å². The van der Waals surface area contributed by atoms with Crippen molar-refractivity contribution in [3.63, 3.8) is 0 Å². The van der Waals surface area contributed by atoms with Crippen LogP contribution in [0.25, 0.3) is 45.0 Å². The molecule has 0 amide bonds. The molecule has 0 saturated carbocycles. The van der Waals surface area contributed by atoms with Crippen molar-refractivity contribution < 1.29 is 0 Å². The van der Waals surface area contributed by atoms with E-state index < -0.39 is 0 Å². The summed E-state index contributed by atoms with van der Waals surface area (Å²) in [6.45, 7) is 4.93. The molecule has 11 rings (SSSR count). The molecular formula is C61H51N. The summed E-state index contributed by atoms with van der Waals surface area (Å²) in [6.07, 6.45) is 21.0. The highest BCUT2D eigenvalue weighted by Gasteiger charge is 2.42. The van der Waals surface area contributed by atoms with Crippen LogP contribution in [-0.4, -0.2) is 0 Å². The smallest absolute Gasteiger partial charge is 0.0471 e. The number of hydrogen-bond donors (Lipinski definition) is 0. The molecule has 1 heteroatoms. The highest BCUT2D eigenvalue weighted by Crippen LogP contribution is 2.57. The lowest BCUT2D eigenvalue weighted by Gasteiger charge is -2.32. The largest absolute Gasteiger partial charge is 0.311 e. The molecule has 0 fully saturated rings. The standard InChI is InChI=1S/C61H51N/c1-61(2)58-39-50(56-38-49(42-17-7-3-8-18-42)31-35-54(56)45-20-9-4-10-21-45)32-36-55(58)60-57(46-22-11-5-12-23-46)40-53(41-59(60)61)62(51-25-13-6-14-26-51)52-33-29-44(30-34-52)48-28-27-43-19-15-16-24-47(43)37-48/h3-14,16-18,20-29,31-38,40-41,44,50H,15,19,30,39H2,1-2H3. The highest BCUT2D eigenvalue weighted by atomic mass is 15.1. The van der Waals surface area contributed by atoms with Crippen molar-refractivity contribution in [2.24, 2.45) is 0 Å². The van der Waals surface area contributed by atoms with Gasteiger partial charge in [-0.2, -0.15) is 0 Å². The van der Waals surface area contributed by atoms with E-state index in [1.807, 2.05) is 0 Å². The number of benzene rings is 7. The van der Waals surface area contributed by atoms with Crippen LogP contribution in [0.2, 0.25) is 0 Å². The van der Waals surface area contributed by atoms with Gasteiger partial charge in [0.25, 0.3) is 0 Å². The second-order valence-electron chi connectivity index (χ2n) is 17.9. The minimum atomic E-state index is -0.192. The van der Waals surface area contributed by atoms with Crippen LogP contribution >= 0.6 is 0 Å². The number of aryl methyl sites for hydroxylation is 1. The predicted molar refractivity (Wildman–Crippen MR) is 263 cm³/mol. The lowest BCUT2D eigenvalue weighted by molar-refractivity contribution is 0.591. The van der Waals surface area contributed by atoms with Crippen molar-refractivity contribution in [3.05, 3.63) is 251 Å². The van der Waals surface area contributed by atoms with Gasteiger partial charge in [-0.05, 0) is 134 Å². The van der Waals surface area contributed by atoms with Gasteiger partial charge in [0, 0.05) is 34.3 Å². The normalized spacial score (nSPS) is 18.2. The van der Waals surface area contributed by atoms with Crippen LogP contribution in [0.4, 0.5) is 11.4 Å². The minimum absolute atomic E-state index is 0.192. The molecule has 62 heavy (non-hydrogen) atoms. The first kappa shape index (κ1) is 38.0. The fourth-order valence-corrected chi connectivity index (χ4v) is 10.6. The quantitative estimate of drug-likeness (QED) is 0.148. The van der Waals surface area contributed by atoms with Crippen LogP contribution in [-0.2, 0) is 11.8 Å². The molecule has 0 N–H and O–H groups in total. The third-order valence-corrected chi connectivity index (χ3v) is 13.9. The first-order valence-electron chi connectivity index (χ1n) is 22.4. The zero-order valence-corrected chi connectivity index (χ0v) is 35.6. The van der Waals surface area contributed by atoms with E-state index in [1.54, 1.807) is 0 Å². The molecule has 300 valence electrons. The van der Waals surface area contributed by atoms with E-state index in [9.17, 15) is 0 Å². The first-order valence-corrected chi connectivity index (χ1v) is 22.4. The van der Waals surface area contributed by atoms with Gasteiger partial charge in [-0.3, -0.25) is 0 Å². The Morgan fingerprint density at radius 3 is 1.94 bits per heavy atom. The van der Waals surface area contributed by atoms with E-state index in [0.29, 0.717) is 5.92 Å². The monoisotopic (exact) mass is 797 g/mol. The van der Waals surface area contributed by atoms with Crippen LogP contribution in [0.3, 0.4) is 0 Å². The summed E-state index contributed by atoms with van der Waals surface area (Å²) >= 11 is 0. The Balaban J connectivity index is 0.999. The molecular weight excluding hydrogens is 747 g/mol. The molecule has 4 aliphatic rings. The predicted octanol–water partition coefficient (Wildman–Crippen LogP) is 16.2. The van der Waals surface area contributed by atoms with Crippen LogP contribution in [0.5, 0.6) is 0 Å². The summed E-state index contributed by atoms with van der Waals surface area (Å²) in [4.78, 5) is 2.49. The van der Waals surface area contributed by atoms with Crippen molar-refractivity contribution in [2.45, 2.75) is 56.8 Å². The molecule has 0 radical (unpaired) electrons. The first-order chi connectivity index (χ1) is 30.5. The molecule has 0 saturated heterocycles. The lowest BCUT2D eigenvalue weighted by Crippen LogP contribution is -2.22. The molecule has 0 heterocycles. The minimum Gasteiger partial charge on any atom is -0.311 e. The van der Waals surface area contributed by atoms with E-state index >= 15 is 0 Å². The molecule has 0 spiro atoms. The van der Waals surface area contributed by atoms with Crippen molar-refractivity contribution in [3.8, 4) is 33.4 Å². The number of rotatable bonds is 8. The van der Waals surface area contributed by atoms with Gasteiger partial charge in [-0.1, -0.05) is 195 Å². The summed E-state index contributed by atoms with van der Waals surface area (Å²) < 4.78 is 0. The summed E-state index contributed by atoms with van der Waals surface area (Å²) in [7, 11) is 0. The van der Waals surface area contributed by atoms with Crippen molar-refractivity contribution in [1.82, 2.24) is 0 Å². The number of anilines is 2. The summed E-state index contributed by atoms with van der Waals surface area (Å²) in [6, 6.07) is 62.9. The maximum absolute atomic E-state index is 2.51. The number of para-hydroxylation sites is 1. The van der Waals surface area contributed by atoms with Crippen LogP contribution in [0.15, 0.2) is 218 Å². The zero-order valence-electron chi connectivity index (χ0n) is 35.6. The molecule has 1 nitrogen and oxygen atoms in total. The Bertz CT molecular complexity index is 2960. The van der Waals surface area contributed by atoms with Gasteiger partial charge in [-0.15, -0.1) is 0 Å². The summed E-state index contributed by atoms with van der Waals surface area (Å²) in [5, 5.41) is 0. The number of nitrogens with zero attached hydrogens (tertiary/aromatic N) is 1. The number of allylic oxidation sites excluding steroid dienone is 8. The Morgan fingerprint density at radius 2 is 1.23 bits per heavy atom. The Hall–Kier alpha value is -6.96. The summed E-state index contributed by atoms with van der Waals surface area (Å²) in [5.41, 5.74) is 22.3. The number of hydrogen-bond acceptors (Lipinski definition) is 1. The molecule has 7 aromatic rings. The van der Waals surface area contributed by atoms with Gasteiger partial charge in [-0.25, -0.2) is 0 Å². The Morgan fingerprint density at radius 1 is 0.548 bits per heavy atom. The second-order valence-corrected chi connectivity index (χ2v) is 17.9. The third kappa shape index (κ3) is 6.83. The average Bonchev–Trinajstić information content (AvgIpc) is 3.57. The maximum Gasteiger partial charge on any atom is 0.0471 e. The molecule has 0 aromatic heterocycles. The third-order valence-electron chi connectivity index (χ3n) is 13.9. The molecule has 0 aliphatic heterocycles.